The van der Waals surface area contributed by atoms with E-state index in [0.717, 1.165) is 37.7 Å². The summed E-state index contributed by atoms with van der Waals surface area (Å²) in [6.07, 6.45) is 15.0. The van der Waals surface area contributed by atoms with Crippen molar-refractivity contribution in [1.29, 1.82) is 0 Å². The average Bonchev–Trinajstić information content (AvgIpc) is 2.73. The van der Waals surface area contributed by atoms with Gasteiger partial charge in [0.05, 0.1) is 0 Å². The molecule has 28 heavy (non-hydrogen) atoms. The first-order chi connectivity index (χ1) is 13.7. The number of aliphatic hydroxyl groups is 1. The normalized spacial score (nSPS) is 21.0. The van der Waals surface area contributed by atoms with Gasteiger partial charge < -0.3 is 9.84 Å². The molecule has 160 valence electrons. The molecule has 0 aromatic heterocycles. The molecule has 1 N–H and O–H groups in total. The third-order valence-electron chi connectivity index (χ3n) is 6.91. The van der Waals surface area contributed by atoms with Crippen molar-refractivity contribution in [3.63, 3.8) is 0 Å². The number of aryl methyl sites for hydroxylation is 2. The van der Waals surface area contributed by atoms with Gasteiger partial charge >= 0.3 is 0 Å². The summed E-state index contributed by atoms with van der Waals surface area (Å²) in [4.78, 5) is 0. The van der Waals surface area contributed by atoms with E-state index in [1.54, 1.807) is 23.8 Å². The Kier molecular flexibility index (Phi) is 11.2. The zero-order chi connectivity index (χ0) is 20.2. The second-order valence-electron chi connectivity index (χ2n) is 8.95. The van der Waals surface area contributed by atoms with Crippen LogP contribution in [0.5, 0.6) is 0 Å². The highest BCUT2D eigenvalue weighted by molar-refractivity contribution is 5.34. The molecule has 1 unspecified atom stereocenters. The lowest BCUT2D eigenvalue weighted by Crippen LogP contribution is -2.18. The van der Waals surface area contributed by atoms with Crippen LogP contribution < -0.4 is 0 Å². The van der Waals surface area contributed by atoms with Crippen molar-refractivity contribution >= 4 is 0 Å². The Balaban J connectivity index is 1.88. The standard InChI is InChI=1S/C26H44O2/c1-4-6-7-8-24-13-14-26(20-23(24)5-2)25-11-9-21(10-12-25)19-22(15-17-27)16-18-28-3/h13-14,20-22,25,27H,4-12,15-19H2,1-3H3. The topological polar surface area (TPSA) is 29.5 Å². The third-order valence-corrected chi connectivity index (χ3v) is 6.91. The van der Waals surface area contributed by atoms with Gasteiger partial charge in [0.1, 0.15) is 0 Å². The van der Waals surface area contributed by atoms with Crippen LogP contribution in [-0.4, -0.2) is 25.4 Å². The van der Waals surface area contributed by atoms with Crippen LogP contribution in [0.1, 0.15) is 101 Å². The maximum Gasteiger partial charge on any atom is 0.0464 e. The van der Waals surface area contributed by atoms with Crippen LogP contribution in [-0.2, 0) is 17.6 Å². The van der Waals surface area contributed by atoms with Gasteiger partial charge in [-0.1, -0.05) is 44.9 Å². The van der Waals surface area contributed by atoms with Gasteiger partial charge in [0.2, 0.25) is 0 Å². The molecule has 0 amide bonds. The number of hydrogen-bond acceptors (Lipinski definition) is 2. The van der Waals surface area contributed by atoms with E-state index in [0.29, 0.717) is 12.5 Å². The van der Waals surface area contributed by atoms with Crippen molar-refractivity contribution in [1.82, 2.24) is 0 Å². The Labute approximate surface area is 174 Å². The Bertz CT molecular complexity index is 531. The lowest BCUT2D eigenvalue weighted by Gasteiger charge is -2.31. The van der Waals surface area contributed by atoms with E-state index in [9.17, 15) is 5.11 Å². The molecular weight excluding hydrogens is 344 g/mol. The molecule has 1 atom stereocenters. The van der Waals surface area contributed by atoms with E-state index in [-0.39, 0.29) is 0 Å². The quantitative estimate of drug-likeness (QED) is 0.382. The summed E-state index contributed by atoms with van der Waals surface area (Å²) >= 11 is 0. The Hall–Kier alpha value is -0.860. The van der Waals surface area contributed by atoms with Gasteiger partial charge in [-0.3, -0.25) is 0 Å². The first-order valence-electron chi connectivity index (χ1n) is 11.9. The molecule has 0 spiro atoms. The molecule has 2 heteroatoms. The second kappa shape index (κ2) is 13.4. The number of benzene rings is 1. The van der Waals surface area contributed by atoms with Crippen LogP contribution in [0.2, 0.25) is 0 Å². The molecule has 1 aromatic carbocycles. The van der Waals surface area contributed by atoms with Gasteiger partial charge in [-0.25, -0.2) is 0 Å². The molecule has 1 fully saturated rings. The number of ether oxygens (including phenoxy) is 1. The first kappa shape index (κ1) is 23.4. The van der Waals surface area contributed by atoms with E-state index in [4.69, 9.17) is 4.74 Å². The molecule has 0 aliphatic heterocycles. The molecule has 2 nitrogen and oxygen atoms in total. The predicted octanol–water partition coefficient (Wildman–Crippen LogP) is 6.68. The van der Waals surface area contributed by atoms with Crippen LogP contribution >= 0.6 is 0 Å². The Morgan fingerprint density at radius 3 is 2.46 bits per heavy atom. The molecule has 0 bridgehead atoms. The number of methoxy groups -OCH3 is 1. The summed E-state index contributed by atoms with van der Waals surface area (Å²) in [6.45, 7) is 5.73. The largest absolute Gasteiger partial charge is 0.396 e. The van der Waals surface area contributed by atoms with Crippen LogP contribution in [0.3, 0.4) is 0 Å². The number of rotatable bonds is 13. The maximum absolute atomic E-state index is 9.36. The summed E-state index contributed by atoms with van der Waals surface area (Å²) in [5, 5.41) is 9.36. The van der Waals surface area contributed by atoms with E-state index < -0.39 is 0 Å². The Morgan fingerprint density at radius 1 is 1.04 bits per heavy atom. The third kappa shape index (κ3) is 7.52. The van der Waals surface area contributed by atoms with Gasteiger partial charge in [0.25, 0.3) is 0 Å². The zero-order valence-corrected chi connectivity index (χ0v) is 18.7. The van der Waals surface area contributed by atoms with E-state index in [1.165, 1.54) is 57.8 Å². The minimum Gasteiger partial charge on any atom is -0.396 e. The van der Waals surface area contributed by atoms with Crippen LogP contribution in [0.4, 0.5) is 0 Å². The molecule has 2 rings (SSSR count). The molecule has 1 saturated carbocycles. The molecular formula is C26H44O2. The van der Waals surface area contributed by atoms with Crippen molar-refractivity contribution in [2.45, 2.75) is 96.8 Å². The van der Waals surface area contributed by atoms with E-state index >= 15 is 0 Å². The predicted molar refractivity (Wildman–Crippen MR) is 120 cm³/mol. The van der Waals surface area contributed by atoms with Gasteiger partial charge in [-0.15, -0.1) is 0 Å². The van der Waals surface area contributed by atoms with Gasteiger partial charge in [0, 0.05) is 20.3 Å². The summed E-state index contributed by atoms with van der Waals surface area (Å²) in [5.74, 6) is 2.21. The summed E-state index contributed by atoms with van der Waals surface area (Å²) in [5.41, 5.74) is 4.75. The fourth-order valence-corrected chi connectivity index (χ4v) is 5.09. The molecule has 0 saturated heterocycles. The monoisotopic (exact) mass is 388 g/mol. The molecule has 1 aliphatic rings. The van der Waals surface area contributed by atoms with E-state index in [2.05, 4.69) is 32.0 Å². The average molecular weight is 389 g/mol. The number of hydrogen-bond donors (Lipinski definition) is 1. The highest BCUT2D eigenvalue weighted by Crippen LogP contribution is 2.39. The highest BCUT2D eigenvalue weighted by Gasteiger charge is 2.25. The van der Waals surface area contributed by atoms with E-state index in [1.807, 2.05) is 0 Å². The van der Waals surface area contributed by atoms with Crippen LogP contribution in [0.25, 0.3) is 0 Å². The Morgan fingerprint density at radius 2 is 1.82 bits per heavy atom. The minimum absolute atomic E-state index is 0.314. The van der Waals surface area contributed by atoms with Crippen molar-refractivity contribution in [3.8, 4) is 0 Å². The van der Waals surface area contributed by atoms with Crippen molar-refractivity contribution in [3.05, 3.63) is 34.9 Å². The van der Waals surface area contributed by atoms with Gasteiger partial charge in [-0.05, 0) is 98.7 Å². The number of aliphatic hydroxyl groups excluding tert-OH is 1. The minimum atomic E-state index is 0.314. The molecule has 1 aliphatic carbocycles. The highest BCUT2D eigenvalue weighted by atomic mass is 16.5. The van der Waals surface area contributed by atoms with Crippen molar-refractivity contribution in [2.75, 3.05) is 20.3 Å². The molecule has 1 aromatic rings. The smallest absolute Gasteiger partial charge is 0.0464 e. The van der Waals surface area contributed by atoms with Gasteiger partial charge in [-0.2, -0.15) is 0 Å². The summed E-state index contributed by atoms with van der Waals surface area (Å²) in [7, 11) is 1.78. The van der Waals surface area contributed by atoms with Crippen molar-refractivity contribution in [2.24, 2.45) is 11.8 Å². The molecule has 0 heterocycles. The lowest BCUT2D eigenvalue weighted by molar-refractivity contribution is 0.148. The molecule has 0 radical (unpaired) electrons. The second-order valence-corrected chi connectivity index (χ2v) is 8.95. The fraction of sp³-hybridized carbons (Fsp3) is 0.769. The summed E-state index contributed by atoms with van der Waals surface area (Å²) < 4.78 is 5.26. The summed E-state index contributed by atoms with van der Waals surface area (Å²) in [6, 6.07) is 7.38. The first-order valence-corrected chi connectivity index (χ1v) is 11.9. The van der Waals surface area contributed by atoms with Crippen LogP contribution in [0, 0.1) is 11.8 Å². The lowest BCUT2D eigenvalue weighted by atomic mass is 9.74. The zero-order valence-electron chi connectivity index (χ0n) is 18.7. The van der Waals surface area contributed by atoms with Crippen LogP contribution in [0.15, 0.2) is 18.2 Å². The SMILES string of the molecule is CCCCCc1ccc(C2CCC(CC(CCO)CCOC)CC2)cc1CC. The number of unbranched alkanes of at least 4 members (excludes halogenated alkanes) is 2. The van der Waals surface area contributed by atoms with Crippen molar-refractivity contribution < 1.29 is 9.84 Å². The fourth-order valence-electron chi connectivity index (χ4n) is 5.09. The van der Waals surface area contributed by atoms with Gasteiger partial charge in [0.15, 0.2) is 0 Å². The maximum atomic E-state index is 9.36.